The second-order valence-electron chi connectivity index (χ2n) is 5.51. The van der Waals surface area contributed by atoms with E-state index in [4.69, 9.17) is 11.6 Å². The van der Waals surface area contributed by atoms with Crippen molar-refractivity contribution in [3.63, 3.8) is 0 Å². The van der Waals surface area contributed by atoms with Crippen LogP contribution in [-0.4, -0.2) is 47.6 Å². The molecule has 1 saturated heterocycles. The van der Waals surface area contributed by atoms with Crippen LogP contribution in [0.25, 0.3) is 10.9 Å². The highest BCUT2D eigenvalue weighted by atomic mass is 35.5. The van der Waals surface area contributed by atoms with E-state index in [9.17, 15) is 0 Å². The van der Waals surface area contributed by atoms with E-state index in [1.807, 2.05) is 12.1 Å². The summed E-state index contributed by atoms with van der Waals surface area (Å²) in [6.45, 7) is 5.67. The Balaban J connectivity index is 1.85. The van der Waals surface area contributed by atoms with Crippen molar-refractivity contribution in [3.8, 4) is 0 Å². The fourth-order valence-electron chi connectivity index (χ4n) is 2.81. The van der Waals surface area contributed by atoms with Crippen LogP contribution in [0.2, 0.25) is 5.02 Å². The van der Waals surface area contributed by atoms with E-state index in [1.165, 1.54) is 16.5 Å². The summed E-state index contributed by atoms with van der Waals surface area (Å²) in [7, 11) is 4.28. The van der Waals surface area contributed by atoms with Crippen LogP contribution in [0.1, 0.15) is 5.56 Å². The molecule has 0 radical (unpaired) electrons. The van der Waals surface area contributed by atoms with E-state index in [0.717, 1.165) is 37.7 Å². The van der Waals surface area contributed by atoms with Gasteiger partial charge in [0.15, 0.2) is 0 Å². The highest BCUT2D eigenvalue weighted by molar-refractivity contribution is 6.31. The van der Waals surface area contributed by atoms with Crippen molar-refractivity contribution in [2.24, 2.45) is 7.05 Å². The van der Waals surface area contributed by atoms with Crippen LogP contribution in [0.4, 0.5) is 0 Å². The molecule has 0 amide bonds. The molecule has 0 aliphatic carbocycles. The molecule has 0 bridgehead atoms. The smallest absolute Gasteiger partial charge is 0.0495 e. The molecule has 102 valence electrons. The Hall–Kier alpha value is -1.03. The molecular weight excluding hydrogens is 258 g/mol. The minimum atomic E-state index is 0.805. The molecule has 3 rings (SSSR count). The summed E-state index contributed by atoms with van der Waals surface area (Å²) in [6.07, 6.45) is 2.24. The summed E-state index contributed by atoms with van der Waals surface area (Å²) in [5.41, 5.74) is 2.62. The minimum absolute atomic E-state index is 0.805. The summed E-state index contributed by atoms with van der Waals surface area (Å²) in [5.74, 6) is 0. The number of likely N-dealkylation sites (N-methyl/N-ethyl adjacent to an activating group) is 1. The lowest BCUT2D eigenvalue weighted by molar-refractivity contribution is 0.148. The third-order valence-electron chi connectivity index (χ3n) is 4.03. The zero-order valence-electron chi connectivity index (χ0n) is 11.6. The Labute approximate surface area is 119 Å². The van der Waals surface area contributed by atoms with Crippen molar-refractivity contribution in [3.05, 3.63) is 35.0 Å². The quantitative estimate of drug-likeness (QED) is 0.836. The Bertz CT molecular complexity index is 582. The van der Waals surface area contributed by atoms with Gasteiger partial charge in [0.25, 0.3) is 0 Å². The molecule has 1 aliphatic rings. The highest BCUT2D eigenvalue weighted by Crippen LogP contribution is 2.25. The number of piperazine rings is 1. The average Bonchev–Trinajstić information content (AvgIpc) is 2.69. The molecule has 2 heterocycles. The number of hydrogen-bond donors (Lipinski definition) is 0. The lowest BCUT2D eigenvalue weighted by Gasteiger charge is -2.32. The standard InChI is InChI=1S/C15H20ClN3/c1-17-5-7-19(8-6-17)11-12-10-18(2)15-9-13(16)3-4-14(12)15/h3-4,9-10H,5-8,11H2,1-2H3. The minimum Gasteiger partial charge on any atom is -0.350 e. The van der Waals surface area contributed by atoms with Gasteiger partial charge in [-0.15, -0.1) is 0 Å². The summed E-state index contributed by atoms with van der Waals surface area (Å²) in [4.78, 5) is 4.92. The largest absolute Gasteiger partial charge is 0.350 e. The van der Waals surface area contributed by atoms with Gasteiger partial charge in [0.2, 0.25) is 0 Å². The first-order valence-electron chi connectivity index (χ1n) is 6.78. The van der Waals surface area contributed by atoms with E-state index >= 15 is 0 Å². The molecule has 19 heavy (non-hydrogen) atoms. The molecule has 0 atom stereocenters. The van der Waals surface area contributed by atoms with E-state index in [-0.39, 0.29) is 0 Å². The van der Waals surface area contributed by atoms with Crippen molar-refractivity contribution in [2.75, 3.05) is 33.2 Å². The van der Waals surface area contributed by atoms with Gasteiger partial charge in [0.1, 0.15) is 0 Å². The number of aromatic nitrogens is 1. The first kappa shape index (κ1) is 13.0. The molecule has 2 aromatic rings. The number of benzene rings is 1. The van der Waals surface area contributed by atoms with Crippen molar-refractivity contribution in [1.82, 2.24) is 14.4 Å². The second-order valence-corrected chi connectivity index (χ2v) is 5.94. The third-order valence-corrected chi connectivity index (χ3v) is 4.26. The fourth-order valence-corrected chi connectivity index (χ4v) is 2.98. The second kappa shape index (κ2) is 5.16. The van der Waals surface area contributed by atoms with E-state index < -0.39 is 0 Å². The summed E-state index contributed by atoms with van der Waals surface area (Å²) < 4.78 is 2.17. The molecule has 1 fully saturated rings. The van der Waals surface area contributed by atoms with Crippen LogP contribution < -0.4 is 0 Å². The number of rotatable bonds is 2. The topological polar surface area (TPSA) is 11.4 Å². The molecular formula is C15H20ClN3. The number of aryl methyl sites for hydroxylation is 1. The van der Waals surface area contributed by atoms with E-state index in [0.29, 0.717) is 0 Å². The average molecular weight is 278 g/mol. The summed E-state index contributed by atoms with van der Waals surface area (Å²) >= 11 is 6.08. The Kier molecular flexibility index (Phi) is 3.52. The number of halogens is 1. The first-order valence-corrected chi connectivity index (χ1v) is 7.15. The molecule has 0 N–H and O–H groups in total. The van der Waals surface area contributed by atoms with Crippen molar-refractivity contribution >= 4 is 22.5 Å². The number of hydrogen-bond acceptors (Lipinski definition) is 2. The zero-order chi connectivity index (χ0) is 13.4. The van der Waals surface area contributed by atoms with Gasteiger partial charge in [-0.2, -0.15) is 0 Å². The highest BCUT2D eigenvalue weighted by Gasteiger charge is 2.16. The van der Waals surface area contributed by atoms with Gasteiger partial charge < -0.3 is 9.47 Å². The van der Waals surface area contributed by atoms with Crippen molar-refractivity contribution < 1.29 is 0 Å². The molecule has 1 aromatic heterocycles. The maximum atomic E-state index is 6.08. The monoisotopic (exact) mass is 277 g/mol. The van der Waals surface area contributed by atoms with Gasteiger partial charge >= 0.3 is 0 Å². The lowest BCUT2D eigenvalue weighted by Crippen LogP contribution is -2.43. The molecule has 0 saturated carbocycles. The SMILES string of the molecule is CN1CCN(Cc2cn(C)c3cc(Cl)ccc23)CC1. The van der Waals surface area contributed by atoms with Crippen LogP contribution in [0.3, 0.4) is 0 Å². The van der Waals surface area contributed by atoms with E-state index in [2.05, 4.69) is 40.7 Å². The molecule has 3 nitrogen and oxygen atoms in total. The van der Waals surface area contributed by atoms with Gasteiger partial charge in [-0.05, 0) is 24.7 Å². The van der Waals surface area contributed by atoms with Gasteiger partial charge in [-0.1, -0.05) is 17.7 Å². The lowest BCUT2D eigenvalue weighted by atomic mass is 10.1. The Morgan fingerprint density at radius 2 is 1.84 bits per heavy atom. The molecule has 4 heteroatoms. The van der Waals surface area contributed by atoms with Crippen molar-refractivity contribution in [1.29, 1.82) is 0 Å². The van der Waals surface area contributed by atoms with Crippen molar-refractivity contribution in [2.45, 2.75) is 6.54 Å². The van der Waals surface area contributed by atoms with Gasteiger partial charge in [0, 0.05) is 61.9 Å². The van der Waals surface area contributed by atoms with Crippen LogP contribution in [0, 0.1) is 0 Å². The Morgan fingerprint density at radius 1 is 1.11 bits per heavy atom. The van der Waals surface area contributed by atoms with E-state index in [1.54, 1.807) is 0 Å². The number of fused-ring (bicyclic) bond motifs is 1. The van der Waals surface area contributed by atoms with Crippen LogP contribution >= 0.6 is 11.6 Å². The fraction of sp³-hybridized carbons (Fsp3) is 0.467. The molecule has 0 spiro atoms. The Morgan fingerprint density at radius 3 is 2.58 bits per heavy atom. The molecule has 1 aromatic carbocycles. The van der Waals surface area contributed by atoms with Crippen LogP contribution in [0.15, 0.2) is 24.4 Å². The van der Waals surface area contributed by atoms with Gasteiger partial charge in [-0.25, -0.2) is 0 Å². The van der Waals surface area contributed by atoms with Crippen LogP contribution in [-0.2, 0) is 13.6 Å². The van der Waals surface area contributed by atoms with Gasteiger partial charge in [0.05, 0.1) is 0 Å². The maximum absolute atomic E-state index is 6.08. The third kappa shape index (κ3) is 2.64. The zero-order valence-corrected chi connectivity index (χ0v) is 12.3. The normalized spacial score (nSPS) is 18.3. The van der Waals surface area contributed by atoms with Crippen LogP contribution in [0.5, 0.6) is 0 Å². The number of nitrogens with zero attached hydrogens (tertiary/aromatic N) is 3. The predicted molar refractivity (Wildman–Crippen MR) is 80.7 cm³/mol. The predicted octanol–water partition coefficient (Wildman–Crippen LogP) is 2.58. The van der Waals surface area contributed by atoms with Gasteiger partial charge in [-0.3, -0.25) is 4.90 Å². The molecule has 1 aliphatic heterocycles. The first-order chi connectivity index (χ1) is 9.13. The molecule has 0 unspecified atom stereocenters. The summed E-state index contributed by atoms with van der Waals surface area (Å²) in [6, 6.07) is 6.17. The summed E-state index contributed by atoms with van der Waals surface area (Å²) in [5, 5.41) is 2.13. The maximum Gasteiger partial charge on any atom is 0.0495 e.